The molecule has 3 heterocycles. The molecule has 0 saturated heterocycles. The lowest BCUT2D eigenvalue weighted by atomic mass is 10.1. The number of aryl methyl sites for hydroxylation is 1. The lowest BCUT2D eigenvalue weighted by Gasteiger charge is -1.97. The maximum absolute atomic E-state index is 11.4. The zero-order chi connectivity index (χ0) is 14.4. The first-order chi connectivity index (χ1) is 10.2. The van der Waals surface area contributed by atoms with Crippen LogP contribution in [0.2, 0.25) is 0 Å². The van der Waals surface area contributed by atoms with Crippen molar-refractivity contribution in [1.29, 1.82) is 0 Å². The van der Waals surface area contributed by atoms with Gasteiger partial charge in [-0.25, -0.2) is 4.98 Å². The molecule has 4 nitrogen and oxygen atoms in total. The number of nitrogens with one attached hydrogen (secondary N) is 1. The van der Waals surface area contributed by atoms with Gasteiger partial charge < -0.3 is 9.38 Å². The quantitative estimate of drug-likeness (QED) is 0.617. The summed E-state index contributed by atoms with van der Waals surface area (Å²) in [4.78, 5) is 18.8. The van der Waals surface area contributed by atoms with Crippen LogP contribution >= 0.6 is 11.3 Å². The molecule has 0 aliphatic heterocycles. The van der Waals surface area contributed by atoms with Gasteiger partial charge in [0.1, 0.15) is 5.65 Å². The molecule has 1 N–H and O–H groups in total. The Bertz CT molecular complexity index is 1010. The number of aromatic nitrogens is 3. The molecule has 5 heteroatoms. The van der Waals surface area contributed by atoms with E-state index in [1.807, 2.05) is 22.7 Å². The summed E-state index contributed by atoms with van der Waals surface area (Å²) < 4.78 is 3.03. The van der Waals surface area contributed by atoms with Crippen molar-refractivity contribution < 1.29 is 0 Å². The zero-order valence-electron chi connectivity index (χ0n) is 11.5. The van der Waals surface area contributed by atoms with Crippen molar-refractivity contribution in [2.45, 2.75) is 13.3 Å². The standard InChI is InChI=1S/C16H13N3OS/c1-10-4-5-19-9-12(17-15(19)6-10)7-11-2-3-14-13(8-11)18-16(20)21-14/h2-6,8-9H,7H2,1H3,(H,18,20). The summed E-state index contributed by atoms with van der Waals surface area (Å²) in [6.07, 6.45) is 4.84. The fourth-order valence-corrected chi connectivity index (χ4v) is 3.26. The molecule has 4 rings (SSSR count). The number of benzene rings is 1. The molecule has 0 spiro atoms. The van der Waals surface area contributed by atoms with Gasteiger partial charge in [0.2, 0.25) is 0 Å². The number of imidazole rings is 1. The summed E-state index contributed by atoms with van der Waals surface area (Å²) in [5, 5.41) is 0. The Balaban J connectivity index is 1.72. The number of hydrogen-bond acceptors (Lipinski definition) is 3. The van der Waals surface area contributed by atoms with Crippen LogP contribution in [-0.2, 0) is 6.42 Å². The molecular weight excluding hydrogens is 282 g/mol. The third kappa shape index (κ3) is 2.25. The van der Waals surface area contributed by atoms with E-state index < -0.39 is 0 Å². The predicted molar refractivity (Wildman–Crippen MR) is 85.2 cm³/mol. The molecule has 0 aliphatic carbocycles. The van der Waals surface area contributed by atoms with Crippen LogP contribution in [0.4, 0.5) is 0 Å². The van der Waals surface area contributed by atoms with E-state index in [9.17, 15) is 4.79 Å². The van der Waals surface area contributed by atoms with E-state index in [4.69, 9.17) is 0 Å². The van der Waals surface area contributed by atoms with E-state index >= 15 is 0 Å². The fourth-order valence-electron chi connectivity index (χ4n) is 2.54. The van der Waals surface area contributed by atoms with Crippen LogP contribution in [0.1, 0.15) is 16.8 Å². The van der Waals surface area contributed by atoms with Crippen molar-refractivity contribution >= 4 is 27.2 Å². The summed E-state index contributed by atoms with van der Waals surface area (Å²) in [6, 6.07) is 10.2. The Kier molecular flexibility index (Phi) is 2.68. The average Bonchev–Trinajstić information content (AvgIpc) is 2.99. The van der Waals surface area contributed by atoms with Crippen LogP contribution < -0.4 is 4.87 Å². The van der Waals surface area contributed by atoms with E-state index in [2.05, 4.69) is 41.3 Å². The minimum absolute atomic E-state index is 0.00893. The highest BCUT2D eigenvalue weighted by atomic mass is 32.1. The van der Waals surface area contributed by atoms with Gasteiger partial charge in [-0.1, -0.05) is 17.4 Å². The molecule has 104 valence electrons. The normalized spacial score (nSPS) is 11.5. The highest BCUT2D eigenvalue weighted by Crippen LogP contribution is 2.18. The summed E-state index contributed by atoms with van der Waals surface area (Å²) in [5.74, 6) is 0. The number of nitrogens with zero attached hydrogens (tertiary/aromatic N) is 2. The molecule has 0 amide bonds. The largest absolute Gasteiger partial charge is 0.312 e. The second-order valence-electron chi connectivity index (χ2n) is 5.22. The molecule has 1 aromatic carbocycles. The van der Waals surface area contributed by atoms with Crippen LogP contribution in [0, 0.1) is 6.92 Å². The van der Waals surface area contributed by atoms with Crippen molar-refractivity contribution in [3.8, 4) is 0 Å². The number of thiazole rings is 1. The smallest absolute Gasteiger partial charge is 0.305 e. The summed E-state index contributed by atoms with van der Waals surface area (Å²) in [5.41, 5.74) is 5.25. The van der Waals surface area contributed by atoms with Gasteiger partial charge in [0.25, 0.3) is 0 Å². The Labute approximate surface area is 124 Å². The third-order valence-corrected chi connectivity index (χ3v) is 4.40. The number of H-pyrrole nitrogens is 1. The minimum atomic E-state index is -0.00893. The van der Waals surface area contributed by atoms with E-state index in [0.29, 0.717) is 0 Å². The SMILES string of the molecule is Cc1ccn2cc(Cc3ccc4sc(=O)[nH]c4c3)nc2c1. The van der Waals surface area contributed by atoms with Crippen LogP contribution in [0.15, 0.2) is 47.5 Å². The Morgan fingerprint density at radius 3 is 3.10 bits per heavy atom. The second-order valence-corrected chi connectivity index (χ2v) is 6.24. The molecule has 0 aliphatic rings. The first-order valence-corrected chi connectivity index (χ1v) is 7.55. The molecule has 0 saturated carbocycles. The maximum atomic E-state index is 11.4. The van der Waals surface area contributed by atoms with E-state index in [-0.39, 0.29) is 4.87 Å². The molecule has 0 radical (unpaired) electrons. The van der Waals surface area contributed by atoms with Crippen LogP contribution in [0.5, 0.6) is 0 Å². The first kappa shape index (κ1) is 12.3. The lowest BCUT2D eigenvalue weighted by molar-refractivity contribution is 1.11. The maximum Gasteiger partial charge on any atom is 0.305 e. The topological polar surface area (TPSA) is 50.2 Å². The van der Waals surface area contributed by atoms with Gasteiger partial charge in [-0.05, 0) is 42.3 Å². The molecule has 4 aromatic rings. The number of rotatable bonds is 2. The molecule has 21 heavy (non-hydrogen) atoms. The summed E-state index contributed by atoms with van der Waals surface area (Å²) in [6.45, 7) is 2.06. The summed E-state index contributed by atoms with van der Waals surface area (Å²) >= 11 is 1.24. The Morgan fingerprint density at radius 1 is 1.29 bits per heavy atom. The van der Waals surface area contributed by atoms with Gasteiger partial charge in [-0.3, -0.25) is 4.79 Å². The van der Waals surface area contributed by atoms with Crippen molar-refractivity contribution in [2.24, 2.45) is 0 Å². The van der Waals surface area contributed by atoms with Gasteiger partial charge in [0.05, 0.1) is 15.9 Å². The number of aromatic amines is 1. The van der Waals surface area contributed by atoms with Crippen LogP contribution in [0.25, 0.3) is 15.9 Å². The molecule has 0 unspecified atom stereocenters. The molecule has 3 aromatic heterocycles. The third-order valence-electron chi connectivity index (χ3n) is 3.53. The van der Waals surface area contributed by atoms with Crippen molar-refractivity contribution in [1.82, 2.24) is 14.4 Å². The first-order valence-electron chi connectivity index (χ1n) is 6.73. The molecular formula is C16H13N3OS. The lowest BCUT2D eigenvalue weighted by Crippen LogP contribution is -1.91. The van der Waals surface area contributed by atoms with Crippen molar-refractivity contribution in [2.75, 3.05) is 0 Å². The highest BCUT2D eigenvalue weighted by Gasteiger charge is 2.05. The predicted octanol–water partition coefficient (Wildman–Crippen LogP) is 3.14. The Morgan fingerprint density at radius 2 is 2.19 bits per heavy atom. The molecule has 0 atom stereocenters. The fraction of sp³-hybridized carbons (Fsp3) is 0.125. The van der Waals surface area contributed by atoms with Gasteiger partial charge in [-0.15, -0.1) is 0 Å². The van der Waals surface area contributed by atoms with Crippen LogP contribution in [-0.4, -0.2) is 14.4 Å². The van der Waals surface area contributed by atoms with E-state index in [1.54, 1.807) is 0 Å². The molecule has 0 bridgehead atoms. The number of fused-ring (bicyclic) bond motifs is 2. The van der Waals surface area contributed by atoms with Crippen molar-refractivity contribution in [3.63, 3.8) is 0 Å². The zero-order valence-corrected chi connectivity index (χ0v) is 12.3. The highest BCUT2D eigenvalue weighted by molar-refractivity contribution is 7.16. The molecule has 0 fully saturated rings. The van der Waals surface area contributed by atoms with Crippen molar-refractivity contribution in [3.05, 3.63) is 69.2 Å². The van der Waals surface area contributed by atoms with Gasteiger partial charge >= 0.3 is 4.87 Å². The van der Waals surface area contributed by atoms with Gasteiger partial charge in [0.15, 0.2) is 0 Å². The number of pyridine rings is 1. The van der Waals surface area contributed by atoms with Crippen LogP contribution in [0.3, 0.4) is 0 Å². The monoisotopic (exact) mass is 295 g/mol. The second kappa shape index (κ2) is 4.56. The Hall–Kier alpha value is -2.40. The van der Waals surface area contributed by atoms with E-state index in [1.165, 1.54) is 16.9 Å². The van der Waals surface area contributed by atoms with E-state index in [0.717, 1.165) is 33.5 Å². The number of hydrogen-bond donors (Lipinski definition) is 1. The summed E-state index contributed by atoms with van der Waals surface area (Å²) in [7, 11) is 0. The average molecular weight is 295 g/mol. The van der Waals surface area contributed by atoms with Gasteiger partial charge in [-0.2, -0.15) is 0 Å². The van der Waals surface area contributed by atoms with Gasteiger partial charge in [0, 0.05) is 18.8 Å². The minimum Gasteiger partial charge on any atom is -0.312 e.